The number of rotatable bonds is 8. The summed E-state index contributed by atoms with van der Waals surface area (Å²) >= 11 is 1.57. The first kappa shape index (κ1) is 15.1. The fraction of sp³-hybridized carbons (Fsp3) is 0.500. The average Bonchev–Trinajstić information content (AvgIpc) is 2.39. The maximum absolute atomic E-state index is 11.5. The Morgan fingerprint density at radius 3 is 2.78 bits per heavy atom. The number of amides is 1. The van der Waals surface area contributed by atoms with Gasteiger partial charge < -0.3 is 10.4 Å². The quantitative estimate of drug-likeness (QED) is 0.754. The van der Waals surface area contributed by atoms with Gasteiger partial charge in [-0.3, -0.25) is 4.79 Å². The Kier molecular flexibility index (Phi) is 7.53. The van der Waals surface area contributed by atoms with Crippen molar-refractivity contribution in [1.29, 1.82) is 0 Å². The lowest BCUT2D eigenvalue weighted by Crippen LogP contribution is -2.27. The standard InChI is InChI=1S/C14H21NO2S/c1-12(9-16)10-18-11-14(17)15-8-7-13-5-3-2-4-6-13/h2-6,12,16H,7-11H2,1H3,(H,15,17). The van der Waals surface area contributed by atoms with Crippen LogP contribution in [0.1, 0.15) is 12.5 Å². The highest BCUT2D eigenvalue weighted by molar-refractivity contribution is 7.99. The number of nitrogens with one attached hydrogen (secondary N) is 1. The Hall–Kier alpha value is -1.00. The number of aliphatic hydroxyl groups excluding tert-OH is 1. The molecule has 0 aromatic heterocycles. The molecule has 0 bridgehead atoms. The molecule has 0 aliphatic rings. The fourth-order valence-electron chi connectivity index (χ4n) is 1.45. The van der Waals surface area contributed by atoms with Crippen LogP contribution in [0.4, 0.5) is 0 Å². The molecule has 0 aliphatic carbocycles. The number of hydrogen-bond acceptors (Lipinski definition) is 3. The molecule has 4 heteroatoms. The highest BCUT2D eigenvalue weighted by Gasteiger charge is 2.04. The van der Waals surface area contributed by atoms with Crippen LogP contribution in [0, 0.1) is 5.92 Å². The van der Waals surface area contributed by atoms with E-state index in [-0.39, 0.29) is 18.4 Å². The number of thioether (sulfide) groups is 1. The lowest BCUT2D eigenvalue weighted by molar-refractivity contribution is -0.118. The van der Waals surface area contributed by atoms with Crippen LogP contribution in [0.2, 0.25) is 0 Å². The van der Waals surface area contributed by atoms with Gasteiger partial charge in [-0.15, -0.1) is 0 Å². The van der Waals surface area contributed by atoms with Gasteiger partial charge in [-0.2, -0.15) is 11.8 Å². The van der Waals surface area contributed by atoms with E-state index in [9.17, 15) is 4.79 Å². The third kappa shape index (κ3) is 6.67. The molecular weight excluding hydrogens is 246 g/mol. The van der Waals surface area contributed by atoms with E-state index in [1.807, 2.05) is 25.1 Å². The lowest BCUT2D eigenvalue weighted by Gasteiger charge is -2.08. The van der Waals surface area contributed by atoms with E-state index in [0.717, 1.165) is 12.2 Å². The number of carbonyl (C=O) groups is 1. The smallest absolute Gasteiger partial charge is 0.230 e. The van der Waals surface area contributed by atoms with Gasteiger partial charge in [0.05, 0.1) is 5.75 Å². The van der Waals surface area contributed by atoms with Crippen molar-refractivity contribution in [2.45, 2.75) is 13.3 Å². The lowest BCUT2D eigenvalue weighted by atomic mass is 10.1. The summed E-state index contributed by atoms with van der Waals surface area (Å²) in [5.41, 5.74) is 1.24. The van der Waals surface area contributed by atoms with Gasteiger partial charge in [-0.25, -0.2) is 0 Å². The van der Waals surface area contributed by atoms with E-state index < -0.39 is 0 Å². The van der Waals surface area contributed by atoms with Gasteiger partial charge in [0, 0.05) is 13.2 Å². The van der Waals surface area contributed by atoms with E-state index >= 15 is 0 Å². The molecule has 1 atom stereocenters. The minimum atomic E-state index is 0.0704. The first-order valence-corrected chi connectivity index (χ1v) is 7.37. The molecule has 3 nitrogen and oxygen atoms in total. The Morgan fingerprint density at radius 2 is 2.11 bits per heavy atom. The summed E-state index contributed by atoms with van der Waals surface area (Å²) in [6, 6.07) is 10.1. The molecule has 0 saturated heterocycles. The highest BCUT2D eigenvalue weighted by Crippen LogP contribution is 2.07. The average molecular weight is 267 g/mol. The van der Waals surface area contributed by atoms with Gasteiger partial charge in [0.2, 0.25) is 5.91 Å². The van der Waals surface area contributed by atoms with Crippen LogP contribution in [-0.2, 0) is 11.2 Å². The van der Waals surface area contributed by atoms with Crippen LogP contribution in [0.5, 0.6) is 0 Å². The van der Waals surface area contributed by atoms with Gasteiger partial charge in [0.15, 0.2) is 0 Å². The van der Waals surface area contributed by atoms with Crippen LogP contribution < -0.4 is 5.32 Å². The van der Waals surface area contributed by atoms with Gasteiger partial charge >= 0.3 is 0 Å². The van der Waals surface area contributed by atoms with Crippen LogP contribution in [-0.4, -0.2) is 35.7 Å². The molecule has 0 saturated carbocycles. The number of aliphatic hydroxyl groups is 1. The van der Waals surface area contributed by atoms with Crippen molar-refractivity contribution in [1.82, 2.24) is 5.32 Å². The first-order valence-electron chi connectivity index (χ1n) is 6.21. The molecule has 0 spiro atoms. The molecule has 1 amide bonds. The topological polar surface area (TPSA) is 49.3 Å². The van der Waals surface area contributed by atoms with Crippen LogP contribution >= 0.6 is 11.8 Å². The normalized spacial score (nSPS) is 12.1. The Bertz CT molecular complexity index is 343. The van der Waals surface area contributed by atoms with Crippen LogP contribution in [0.3, 0.4) is 0 Å². The van der Waals surface area contributed by atoms with E-state index in [1.54, 1.807) is 11.8 Å². The van der Waals surface area contributed by atoms with E-state index in [2.05, 4.69) is 17.4 Å². The first-order chi connectivity index (χ1) is 8.72. The second kappa shape index (κ2) is 9.00. The largest absolute Gasteiger partial charge is 0.396 e. The highest BCUT2D eigenvalue weighted by atomic mass is 32.2. The Balaban J connectivity index is 2.07. The maximum atomic E-state index is 11.5. The van der Waals surface area contributed by atoms with E-state index in [4.69, 9.17) is 5.11 Å². The zero-order chi connectivity index (χ0) is 13.2. The second-order valence-electron chi connectivity index (χ2n) is 4.39. The van der Waals surface area contributed by atoms with Crippen LogP contribution in [0.25, 0.3) is 0 Å². The zero-order valence-corrected chi connectivity index (χ0v) is 11.6. The monoisotopic (exact) mass is 267 g/mol. The molecule has 1 rings (SSSR count). The number of hydrogen-bond donors (Lipinski definition) is 2. The molecule has 0 fully saturated rings. The van der Waals surface area contributed by atoms with Crippen molar-refractivity contribution in [2.75, 3.05) is 24.7 Å². The second-order valence-corrected chi connectivity index (χ2v) is 5.42. The predicted molar refractivity (Wildman–Crippen MR) is 76.7 cm³/mol. The van der Waals surface area contributed by atoms with Gasteiger partial charge in [0.1, 0.15) is 0 Å². The summed E-state index contributed by atoms with van der Waals surface area (Å²) in [6.45, 7) is 2.84. The summed E-state index contributed by atoms with van der Waals surface area (Å²) < 4.78 is 0. The predicted octanol–water partition coefficient (Wildman–Crippen LogP) is 1.71. The zero-order valence-electron chi connectivity index (χ0n) is 10.8. The minimum absolute atomic E-state index is 0.0704. The van der Waals surface area contributed by atoms with Gasteiger partial charge in [-0.05, 0) is 23.7 Å². The molecule has 0 aliphatic heterocycles. The van der Waals surface area contributed by atoms with Crippen molar-refractivity contribution in [3.05, 3.63) is 35.9 Å². The molecule has 0 radical (unpaired) electrons. The fourth-order valence-corrected chi connectivity index (χ4v) is 2.36. The summed E-state index contributed by atoms with van der Waals surface area (Å²) in [7, 11) is 0. The van der Waals surface area contributed by atoms with E-state index in [1.165, 1.54) is 5.56 Å². The Morgan fingerprint density at radius 1 is 1.39 bits per heavy atom. The SMILES string of the molecule is CC(CO)CSCC(=O)NCCc1ccccc1. The molecule has 0 heterocycles. The maximum Gasteiger partial charge on any atom is 0.230 e. The van der Waals surface area contributed by atoms with Gasteiger partial charge in [0.25, 0.3) is 0 Å². The molecular formula is C14H21NO2S. The van der Waals surface area contributed by atoms with E-state index in [0.29, 0.717) is 12.3 Å². The molecule has 18 heavy (non-hydrogen) atoms. The summed E-state index contributed by atoms with van der Waals surface area (Å²) in [4.78, 5) is 11.5. The molecule has 1 unspecified atom stereocenters. The Labute approximate surface area is 113 Å². The summed E-state index contributed by atoms with van der Waals surface area (Å²) in [5, 5.41) is 11.8. The summed E-state index contributed by atoms with van der Waals surface area (Å²) in [5.74, 6) is 1.62. The van der Waals surface area contributed by atoms with Gasteiger partial charge in [-0.1, -0.05) is 37.3 Å². The third-order valence-corrected chi connectivity index (χ3v) is 3.80. The van der Waals surface area contributed by atoms with Crippen molar-refractivity contribution in [2.24, 2.45) is 5.92 Å². The molecule has 1 aromatic rings. The minimum Gasteiger partial charge on any atom is -0.396 e. The molecule has 2 N–H and O–H groups in total. The van der Waals surface area contributed by atoms with Crippen molar-refractivity contribution >= 4 is 17.7 Å². The van der Waals surface area contributed by atoms with Crippen LogP contribution in [0.15, 0.2) is 30.3 Å². The number of carbonyl (C=O) groups excluding carboxylic acids is 1. The van der Waals surface area contributed by atoms with Crippen molar-refractivity contribution in [3.63, 3.8) is 0 Å². The molecule has 1 aromatic carbocycles. The number of benzene rings is 1. The van der Waals surface area contributed by atoms with Crippen molar-refractivity contribution < 1.29 is 9.90 Å². The molecule has 100 valence electrons. The summed E-state index contributed by atoms with van der Waals surface area (Å²) in [6.07, 6.45) is 0.865. The third-order valence-electron chi connectivity index (χ3n) is 2.53. The van der Waals surface area contributed by atoms with Crippen molar-refractivity contribution in [3.8, 4) is 0 Å².